The third-order valence-electron chi connectivity index (χ3n) is 5.33. The Kier molecular flexibility index (Phi) is 5.30. The third kappa shape index (κ3) is 4.13. The molecule has 0 aromatic heterocycles. The van der Waals surface area contributed by atoms with Crippen LogP contribution < -0.4 is 0 Å². The summed E-state index contributed by atoms with van der Waals surface area (Å²) in [6.45, 7) is 2.05. The van der Waals surface area contributed by atoms with Crippen LogP contribution in [-0.2, 0) is 9.84 Å². The summed E-state index contributed by atoms with van der Waals surface area (Å²) in [5.41, 5.74) is 3.23. The van der Waals surface area contributed by atoms with E-state index in [0.717, 1.165) is 24.0 Å². The Bertz CT molecular complexity index is 801. The number of aliphatic hydroxyl groups excluding tert-OH is 1. The van der Waals surface area contributed by atoms with Crippen LogP contribution in [-0.4, -0.2) is 25.9 Å². The van der Waals surface area contributed by atoms with Crippen LogP contribution in [0.2, 0.25) is 0 Å². The van der Waals surface area contributed by atoms with Gasteiger partial charge in [0.25, 0.3) is 0 Å². The number of aliphatic hydroxyl groups is 1. The maximum atomic E-state index is 11.7. The highest BCUT2D eigenvalue weighted by molar-refractivity contribution is 7.90. The van der Waals surface area contributed by atoms with Crippen LogP contribution >= 0.6 is 0 Å². The Morgan fingerprint density at radius 3 is 1.88 bits per heavy atom. The topological polar surface area (TPSA) is 54.4 Å². The van der Waals surface area contributed by atoms with E-state index in [1.54, 1.807) is 12.1 Å². The normalized spacial score (nSPS) is 18.2. The second-order valence-electron chi connectivity index (χ2n) is 7.26. The van der Waals surface area contributed by atoms with E-state index in [0.29, 0.717) is 10.8 Å². The van der Waals surface area contributed by atoms with Crippen molar-refractivity contribution in [1.29, 1.82) is 0 Å². The predicted octanol–water partition coefficient (Wildman–Crippen LogP) is 4.08. The first-order valence-electron chi connectivity index (χ1n) is 8.91. The van der Waals surface area contributed by atoms with Gasteiger partial charge in [-0.25, -0.2) is 8.42 Å². The second kappa shape index (κ2) is 7.30. The van der Waals surface area contributed by atoms with Crippen molar-refractivity contribution in [1.82, 2.24) is 0 Å². The van der Waals surface area contributed by atoms with E-state index in [1.165, 1.54) is 24.7 Å². The van der Waals surface area contributed by atoms with Gasteiger partial charge in [-0.15, -0.1) is 0 Å². The molecule has 0 saturated heterocycles. The molecular formula is C21H26O3S. The van der Waals surface area contributed by atoms with Gasteiger partial charge in [0.1, 0.15) is 0 Å². The van der Waals surface area contributed by atoms with Crippen molar-refractivity contribution in [3.63, 3.8) is 0 Å². The van der Waals surface area contributed by atoms with Crippen LogP contribution in [0.1, 0.15) is 48.3 Å². The Labute approximate surface area is 150 Å². The summed E-state index contributed by atoms with van der Waals surface area (Å²) in [5, 5.41) is 11.1. The quantitative estimate of drug-likeness (QED) is 0.876. The lowest BCUT2D eigenvalue weighted by molar-refractivity contribution is 0.0945. The first kappa shape index (κ1) is 18.2. The highest BCUT2D eigenvalue weighted by Gasteiger charge is 2.32. The highest BCUT2D eigenvalue weighted by atomic mass is 32.2. The smallest absolute Gasteiger partial charge is 0.175 e. The Morgan fingerprint density at radius 1 is 0.920 bits per heavy atom. The molecule has 1 saturated carbocycles. The lowest BCUT2D eigenvalue weighted by Gasteiger charge is -2.28. The molecule has 0 bridgehead atoms. The Balaban J connectivity index is 1.99. The summed E-state index contributed by atoms with van der Waals surface area (Å²) in [7, 11) is -3.21. The summed E-state index contributed by atoms with van der Waals surface area (Å²) >= 11 is 0. The van der Waals surface area contributed by atoms with Crippen LogP contribution in [0.15, 0.2) is 53.4 Å². The Morgan fingerprint density at radius 2 is 1.40 bits per heavy atom. The van der Waals surface area contributed by atoms with Crippen molar-refractivity contribution in [2.75, 3.05) is 6.26 Å². The number of rotatable bonds is 5. The van der Waals surface area contributed by atoms with E-state index < -0.39 is 15.9 Å². The SMILES string of the molecule is Cc1ccc(C(c2ccc(S(C)(=O)=O)cc2)[C@@H](O)C2CCCC2)cc1. The molecule has 1 aliphatic carbocycles. The minimum Gasteiger partial charge on any atom is -0.392 e. The van der Waals surface area contributed by atoms with Crippen molar-refractivity contribution >= 4 is 9.84 Å². The third-order valence-corrected chi connectivity index (χ3v) is 6.46. The first-order chi connectivity index (χ1) is 11.9. The second-order valence-corrected chi connectivity index (χ2v) is 9.28. The largest absolute Gasteiger partial charge is 0.392 e. The van der Waals surface area contributed by atoms with Gasteiger partial charge in [0.05, 0.1) is 11.0 Å². The molecule has 134 valence electrons. The van der Waals surface area contributed by atoms with Crippen molar-refractivity contribution in [2.45, 2.75) is 49.5 Å². The van der Waals surface area contributed by atoms with Gasteiger partial charge in [0.2, 0.25) is 0 Å². The van der Waals surface area contributed by atoms with Gasteiger partial charge in [-0.1, -0.05) is 54.8 Å². The molecule has 0 spiro atoms. The molecule has 1 unspecified atom stereocenters. The molecule has 3 rings (SSSR count). The molecule has 0 aliphatic heterocycles. The van der Waals surface area contributed by atoms with Crippen molar-refractivity contribution in [3.05, 3.63) is 65.2 Å². The predicted molar refractivity (Wildman–Crippen MR) is 101 cm³/mol. The van der Waals surface area contributed by atoms with E-state index >= 15 is 0 Å². The van der Waals surface area contributed by atoms with E-state index in [1.807, 2.05) is 19.1 Å². The summed E-state index contributed by atoms with van der Waals surface area (Å²) in [6, 6.07) is 15.3. The van der Waals surface area contributed by atoms with Crippen molar-refractivity contribution in [3.8, 4) is 0 Å². The van der Waals surface area contributed by atoms with Crippen LogP contribution in [0.25, 0.3) is 0 Å². The number of hydrogen-bond acceptors (Lipinski definition) is 3. The van der Waals surface area contributed by atoms with Gasteiger partial charge < -0.3 is 5.11 Å². The zero-order valence-electron chi connectivity index (χ0n) is 14.9. The number of sulfone groups is 1. The van der Waals surface area contributed by atoms with Crippen LogP contribution in [0, 0.1) is 12.8 Å². The number of hydrogen-bond donors (Lipinski definition) is 1. The molecule has 25 heavy (non-hydrogen) atoms. The maximum absolute atomic E-state index is 11.7. The zero-order chi connectivity index (χ0) is 18.0. The molecule has 1 N–H and O–H groups in total. The molecule has 2 aromatic rings. The zero-order valence-corrected chi connectivity index (χ0v) is 15.7. The summed E-state index contributed by atoms with van der Waals surface area (Å²) in [5.74, 6) is 0.179. The molecule has 2 aromatic carbocycles. The number of benzene rings is 2. The van der Waals surface area contributed by atoms with Crippen molar-refractivity contribution in [2.24, 2.45) is 5.92 Å². The molecule has 1 aliphatic rings. The van der Waals surface area contributed by atoms with Gasteiger partial charge in [-0.3, -0.25) is 0 Å². The molecule has 0 heterocycles. The molecule has 0 amide bonds. The van der Waals surface area contributed by atoms with Crippen molar-refractivity contribution < 1.29 is 13.5 Å². The fraction of sp³-hybridized carbons (Fsp3) is 0.429. The van der Waals surface area contributed by atoms with Crippen LogP contribution in [0.5, 0.6) is 0 Å². The van der Waals surface area contributed by atoms with E-state index in [9.17, 15) is 13.5 Å². The minimum atomic E-state index is -3.21. The fourth-order valence-electron chi connectivity index (χ4n) is 3.85. The van der Waals surface area contributed by atoms with Gasteiger partial charge in [-0.2, -0.15) is 0 Å². The molecule has 4 heteroatoms. The summed E-state index contributed by atoms with van der Waals surface area (Å²) < 4.78 is 23.4. The van der Waals surface area contributed by atoms with E-state index in [2.05, 4.69) is 24.3 Å². The monoisotopic (exact) mass is 358 g/mol. The summed E-state index contributed by atoms with van der Waals surface area (Å²) in [6.07, 6.45) is 5.24. The van der Waals surface area contributed by atoms with Crippen LogP contribution in [0.4, 0.5) is 0 Å². The van der Waals surface area contributed by atoms with Crippen LogP contribution in [0.3, 0.4) is 0 Å². The molecule has 0 radical (unpaired) electrons. The van der Waals surface area contributed by atoms with Gasteiger partial charge in [-0.05, 0) is 48.9 Å². The number of aryl methyl sites for hydroxylation is 1. The highest BCUT2D eigenvalue weighted by Crippen LogP contribution is 2.38. The molecule has 1 fully saturated rings. The average Bonchev–Trinajstić information content (AvgIpc) is 3.11. The first-order valence-corrected chi connectivity index (χ1v) is 10.8. The minimum absolute atomic E-state index is 0.127. The molecule has 3 nitrogen and oxygen atoms in total. The van der Waals surface area contributed by atoms with E-state index in [-0.39, 0.29) is 5.92 Å². The van der Waals surface area contributed by atoms with Gasteiger partial charge in [0, 0.05) is 12.2 Å². The lowest BCUT2D eigenvalue weighted by Crippen LogP contribution is -2.27. The summed E-state index contributed by atoms with van der Waals surface area (Å²) in [4.78, 5) is 0.314. The van der Waals surface area contributed by atoms with E-state index in [4.69, 9.17) is 0 Å². The average molecular weight is 359 g/mol. The molecular weight excluding hydrogens is 332 g/mol. The maximum Gasteiger partial charge on any atom is 0.175 e. The molecule has 2 atom stereocenters. The van der Waals surface area contributed by atoms with Gasteiger partial charge >= 0.3 is 0 Å². The fourth-order valence-corrected chi connectivity index (χ4v) is 4.48. The standard InChI is InChI=1S/C21H26O3S/c1-15-7-9-16(10-8-15)20(21(22)18-5-3-4-6-18)17-11-13-19(14-12-17)25(2,23)24/h7-14,18,20-22H,3-6H2,1-2H3/t20?,21-/m0/s1. The Hall–Kier alpha value is -1.65. The van der Waals surface area contributed by atoms with Gasteiger partial charge in [0.15, 0.2) is 9.84 Å². The lowest BCUT2D eigenvalue weighted by atomic mass is 9.80.